The molecule has 1 saturated heterocycles. The molecule has 6 heteroatoms. The normalized spacial score (nSPS) is 21.8. The van der Waals surface area contributed by atoms with Gasteiger partial charge in [-0.1, -0.05) is 6.07 Å². The molecule has 0 amide bonds. The first-order valence-electron chi connectivity index (χ1n) is 6.61. The van der Waals surface area contributed by atoms with E-state index in [1.807, 2.05) is 37.4 Å². The molecule has 1 aliphatic heterocycles. The van der Waals surface area contributed by atoms with E-state index in [4.69, 9.17) is 4.74 Å². The standard InChI is InChI=1S/C14H16N4O2/c1-10-8-12(14(19)20-10)16-13-5-7-18(17-13)9-11-4-2-3-6-15-11/h2-7,10,12H,8-9H2,1H3,(H,16,17)/t10-,12+/m1/s1. The smallest absolute Gasteiger partial charge is 0.329 e. The van der Waals surface area contributed by atoms with Crippen LogP contribution in [0.25, 0.3) is 0 Å². The lowest BCUT2D eigenvalue weighted by molar-refractivity contribution is -0.141. The quantitative estimate of drug-likeness (QED) is 0.853. The van der Waals surface area contributed by atoms with Gasteiger partial charge in [0.25, 0.3) is 0 Å². The number of nitrogens with one attached hydrogen (secondary N) is 1. The number of pyridine rings is 1. The molecule has 1 fully saturated rings. The van der Waals surface area contributed by atoms with E-state index in [0.29, 0.717) is 18.8 Å². The molecule has 0 unspecified atom stereocenters. The highest BCUT2D eigenvalue weighted by molar-refractivity contribution is 5.80. The minimum Gasteiger partial charge on any atom is -0.461 e. The molecule has 0 aliphatic carbocycles. The Bertz CT molecular complexity index is 596. The second-order valence-electron chi connectivity index (χ2n) is 4.90. The number of carbonyl (C=O) groups is 1. The highest BCUT2D eigenvalue weighted by Crippen LogP contribution is 2.18. The van der Waals surface area contributed by atoms with Crippen molar-refractivity contribution in [3.05, 3.63) is 42.4 Å². The van der Waals surface area contributed by atoms with Crippen molar-refractivity contribution < 1.29 is 9.53 Å². The Morgan fingerprint density at radius 2 is 2.35 bits per heavy atom. The van der Waals surface area contributed by atoms with Crippen molar-refractivity contribution >= 4 is 11.8 Å². The highest BCUT2D eigenvalue weighted by Gasteiger charge is 2.32. The average Bonchev–Trinajstić information content (AvgIpc) is 2.98. The van der Waals surface area contributed by atoms with E-state index in [0.717, 1.165) is 5.69 Å². The van der Waals surface area contributed by atoms with E-state index < -0.39 is 0 Å². The molecule has 104 valence electrons. The molecule has 0 spiro atoms. The van der Waals surface area contributed by atoms with Gasteiger partial charge in [-0.3, -0.25) is 9.67 Å². The number of rotatable bonds is 4. The van der Waals surface area contributed by atoms with Gasteiger partial charge in [0.2, 0.25) is 0 Å². The van der Waals surface area contributed by atoms with Gasteiger partial charge >= 0.3 is 5.97 Å². The topological polar surface area (TPSA) is 69.0 Å². The molecule has 1 N–H and O–H groups in total. The van der Waals surface area contributed by atoms with Crippen LogP contribution in [0.3, 0.4) is 0 Å². The lowest BCUT2D eigenvalue weighted by Gasteiger charge is -2.06. The monoisotopic (exact) mass is 272 g/mol. The van der Waals surface area contributed by atoms with Gasteiger partial charge in [0.05, 0.1) is 12.2 Å². The van der Waals surface area contributed by atoms with E-state index >= 15 is 0 Å². The van der Waals surface area contributed by atoms with Crippen LogP contribution in [0.2, 0.25) is 0 Å². The zero-order chi connectivity index (χ0) is 13.9. The maximum atomic E-state index is 11.6. The summed E-state index contributed by atoms with van der Waals surface area (Å²) in [4.78, 5) is 15.8. The summed E-state index contributed by atoms with van der Waals surface area (Å²) < 4.78 is 6.89. The number of ether oxygens (including phenoxy) is 1. The summed E-state index contributed by atoms with van der Waals surface area (Å²) in [6.45, 7) is 2.49. The fourth-order valence-corrected chi connectivity index (χ4v) is 2.24. The summed E-state index contributed by atoms with van der Waals surface area (Å²) >= 11 is 0. The summed E-state index contributed by atoms with van der Waals surface area (Å²) in [5.41, 5.74) is 0.941. The third-order valence-corrected chi connectivity index (χ3v) is 3.18. The number of hydrogen-bond donors (Lipinski definition) is 1. The molecule has 2 atom stereocenters. The van der Waals surface area contributed by atoms with E-state index in [1.165, 1.54) is 0 Å². The largest absolute Gasteiger partial charge is 0.461 e. The molecule has 6 nitrogen and oxygen atoms in total. The molecule has 0 radical (unpaired) electrons. The van der Waals surface area contributed by atoms with Crippen molar-refractivity contribution in [3.63, 3.8) is 0 Å². The van der Waals surface area contributed by atoms with Gasteiger partial charge in [0, 0.05) is 24.9 Å². The number of hydrogen-bond acceptors (Lipinski definition) is 5. The first kappa shape index (κ1) is 12.7. The molecule has 2 aromatic heterocycles. The predicted octanol–water partition coefficient (Wildman–Crippen LogP) is 1.44. The molecule has 3 rings (SSSR count). The van der Waals surface area contributed by atoms with Gasteiger partial charge in [-0.25, -0.2) is 4.79 Å². The SMILES string of the molecule is C[C@@H]1C[C@H](Nc2ccn(Cc3ccccn3)n2)C(=O)O1. The maximum Gasteiger partial charge on any atom is 0.329 e. The Morgan fingerprint density at radius 3 is 3.05 bits per heavy atom. The summed E-state index contributed by atoms with van der Waals surface area (Å²) in [5, 5.41) is 7.49. The van der Waals surface area contributed by atoms with E-state index in [-0.39, 0.29) is 18.1 Å². The molecule has 2 aromatic rings. The van der Waals surface area contributed by atoms with Gasteiger partial charge in [0.1, 0.15) is 18.0 Å². The molecular weight excluding hydrogens is 256 g/mol. The first-order valence-corrected chi connectivity index (χ1v) is 6.61. The number of nitrogens with zero attached hydrogens (tertiary/aromatic N) is 3. The van der Waals surface area contributed by atoms with Crippen LogP contribution in [0, 0.1) is 0 Å². The molecule has 20 heavy (non-hydrogen) atoms. The van der Waals surface area contributed by atoms with Crippen LogP contribution in [0.15, 0.2) is 36.7 Å². The minimum atomic E-state index is -0.303. The van der Waals surface area contributed by atoms with Crippen LogP contribution in [-0.2, 0) is 16.1 Å². The zero-order valence-electron chi connectivity index (χ0n) is 11.2. The molecule has 0 saturated carbocycles. The number of cyclic esters (lactones) is 1. The van der Waals surface area contributed by atoms with Crippen LogP contribution < -0.4 is 5.32 Å². The first-order chi connectivity index (χ1) is 9.70. The number of aromatic nitrogens is 3. The Hall–Kier alpha value is -2.37. The molecule has 0 bridgehead atoms. The Kier molecular flexibility index (Phi) is 3.37. The minimum absolute atomic E-state index is 0.0318. The number of anilines is 1. The third-order valence-electron chi connectivity index (χ3n) is 3.18. The summed E-state index contributed by atoms with van der Waals surface area (Å²) in [6.07, 6.45) is 4.26. The van der Waals surface area contributed by atoms with Gasteiger partial charge in [-0.05, 0) is 19.1 Å². The molecule has 3 heterocycles. The van der Waals surface area contributed by atoms with Crippen LogP contribution in [0.4, 0.5) is 5.82 Å². The second-order valence-corrected chi connectivity index (χ2v) is 4.90. The Balaban J connectivity index is 1.64. The van der Waals surface area contributed by atoms with Gasteiger partial charge < -0.3 is 10.1 Å². The fourth-order valence-electron chi connectivity index (χ4n) is 2.24. The third kappa shape index (κ3) is 2.79. The van der Waals surface area contributed by atoms with Crippen molar-refractivity contribution in [2.75, 3.05) is 5.32 Å². The maximum absolute atomic E-state index is 11.6. The van der Waals surface area contributed by atoms with Crippen molar-refractivity contribution in [3.8, 4) is 0 Å². The zero-order valence-corrected chi connectivity index (χ0v) is 11.2. The van der Waals surface area contributed by atoms with E-state index in [9.17, 15) is 4.79 Å². The summed E-state index contributed by atoms with van der Waals surface area (Å²) in [5.74, 6) is 0.466. The summed E-state index contributed by atoms with van der Waals surface area (Å²) in [7, 11) is 0. The van der Waals surface area contributed by atoms with Crippen molar-refractivity contribution in [2.45, 2.75) is 32.0 Å². The molecule has 0 aromatic carbocycles. The van der Waals surface area contributed by atoms with Crippen molar-refractivity contribution in [2.24, 2.45) is 0 Å². The van der Waals surface area contributed by atoms with E-state index in [2.05, 4.69) is 15.4 Å². The lowest BCUT2D eigenvalue weighted by atomic mass is 10.2. The van der Waals surface area contributed by atoms with Gasteiger partial charge in [-0.2, -0.15) is 5.10 Å². The van der Waals surface area contributed by atoms with Crippen molar-refractivity contribution in [1.29, 1.82) is 0 Å². The summed E-state index contributed by atoms with van der Waals surface area (Å²) in [6, 6.07) is 7.32. The second kappa shape index (κ2) is 5.32. The number of esters is 1. The molecular formula is C14H16N4O2. The van der Waals surface area contributed by atoms with Crippen LogP contribution in [0.1, 0.15) is 19.0 Å². The van der Waals surface area contributed by atoms with Gasteiger partial charge in [-0.15, -0.1) is 0 Å². The highest BCUT2D eigenvalue weighted by atomic mass is 16.6. The number of carbonyl (C=O) groups excluding carboxylic acids is 1. The molecule has 1 aliphatic rings. The van der Waals surface area contributed by atoms with Crippen molar-refractivity contribution in [1.82, 2.24) is 14.8 Å². The van der Waals surface area contributed by atoms with Crippen LogP contribution in [-0.4, -0.2) is 32.9 Å². The Morgan fingerprint density at radius 1 is 1.45 bits per heavy atom. The fraction of sp³-hybridized carbons (Fsp3) is 0.357. The average molecular weight is 272 g/mol. The van der Waals surface area contributed by atoms with Crippen LogP contribution in [0.5, 0.6) is 0 Å². The lowest BCUT2D eigenvalue weighted by Crippen LogP contribution is -2.24. The predicted molar refractivity (Wildman–Crippen MR) is 73.1 cm³/mol. The van der Waals surface area contributed by atoms with Gasteiger partial charge in [0.15, 0.2) is 0 Å². The van der Waals surface area contributed by atoms with Crippen LogP contribution >= 0.6 is 0 Å². The Labute approximate surface area is 116 Å². The van der Waals surface area contributed by atoms with E-state index in [1.54, 1.807) is 10.9 Å².